The second kappa shape index (κ2) is 10.3. The van der Waals surface area contributed by atoms with E-state index in [2.05, 4.69) is 11.4 Å². The molecular formula is C29H26N2O4S. The van der Waals surface area contributed by atoms with Crippen LogP contribution in [0.3, 0.4) is 0 Å². The Bertz CT molecular complexity index is 1370. The van der Waals surface area contributed by atoms with Crippen molar-refractivity contribution in [1.82, 2.24) is 4.90 Å². The minimum Gasteiger partial charge on any atom is -0.493 e. The number of anilines is 1. The van der Waals surface area contributed by atoms with Gasteiger partial charge in [-0.25, -0.2) is 0 Å². The number of thiophene rings is 1. The molecule has 4 aromatic rings. The van der Waals surface area contributed by atoms with Crippen LogP contribution in [0.2, 0.25) is 0 Å². The van der Waals surface area contributed by atoms with Crippen LogP contribution >= 0.6 is 11.3 Å². The smallest absolute Gasteiger partial charge is 0.255 e. The SMILES string of the molecule is COc1cc2c(cc1OC)C(c1cccs1)N(C(=O)c1ccc(NC(=O)c3ccccc3)cc1)CC2. The van der Waals surface area contributed by atoms with Crippen LogP contribution in [0.5, 0.6) is 11.5 Å². The lowest BCUT2D eigenvalue weighted by Gasteiger charge is -2.37. The molecule has 6 nitrogen and oxygen atoms in total. The van der Waals surface area contributed by atoms with Crippen LogP contribution < -0.4 is 14.8 Å². The van der Waals surface area contributed by atoms with Gasteiger partial charge in [0.1, 0.15) is 0 Å². The number of nitrogens with one attached hydrogen (secondary N) is 1. The van der Waals surface area contributed by atoms with Crippen molar-refractivity contribution >= 4 is 28.8 Å². The highest BCUT2D eigenvalue weighted by Gasteiger charge is 2.34. The Morgan fingerprint density at radius 1 is 0.889 bits per heavy atom. The molecule has 2 heterocycles. The summed E-state index contributed by atoms with van der Waals surface area (Å²) in [6, 6.07) is 23.9. The van der Waals surface area contributed by atoms with E-state index in [4.69, 9.17) is 9.47 Å². The Morgan fingerprint density at radius 3 is 2.28 bits per heavy atom. The van der Waals surface area contributed by atoms with Crippen molar-refractivity contribution in [2.75, 3.05) is 26.1 Å². The van der Waals surface area contributed by atoms with Crippen LogP contribution in [0.4, 0.5) is 5.69 Å². The van der Waals surface area contributed by atoms with E-state index in [-0.39, 0.29) is 17.9 Å². The number of nitrogens with zero attached hydrogens (tertiary/aromatic N) is 1. The van der Waals surface area contributed by atoms with E-state index in [1.807, 2.05) is 46.7 Å². The zero-order valence-corrected chi connectivity index (χ0v) is 20.9. The predicted octanol–water partition coefficient (Wildman–Crippen LogP) is 5.81. The lowest BCUT2D eigenvalue weighted by molar-refractivity contribution is 0.0696. The van der Waals surface area contributed by atoms with Gasteiger partial charge in [-0.05, 0) is 77.5 Å². The highest BCUT2D eigenvalue weighted by Crippen LogP contribution is 2.42. The van der Waals surface area contributed by atoms with Gasteiger partial charge in [-0.3, -0.25) is 9.59 Å². The molecule has 0 spiro atoms. The maximum absolute atomic E-state index is 13.7. The molecular weight excluding hydrogens is 472 g/mol. The van der Waals surface area contributed by atoms with E-state index in [1.54, 1.807) is 62.0 Å². The molecule has 0 bridgehead atoms. The van der Waals surface area contributed by atoms with E-state index in [9.17, 15) is 9.59 Å². The molecule has 0 saturated carbocycles. The van der Waals surface area contributed by atoms with Crippen LogP contribution in [-0.2, 0) is 6.42 Å². The molecule has 2 amide bonds. The van der Waals surface area contributed by atoms with Crippen LogP contribution in [0.25, 0.3) is 0 Å². The zero-order valence-electron chi connectivity index (χ0n) is 20.1. The Hall–Kier alpha value is -4.10. The first-order valence-electron chi connectivity index (χ1n) is 11.6. The third-order valence-electron chi connectivity index (χ3n) is 6.37. The zero-order chi connectivity index (χ0) is 25.1. The molecule has 0 fully saturated rings. The molecule has 1 aromatic heterocycles. The maximum Gasteiger partial charge on any atom is 0.255 e. The first kappa shape index (κ1) is 23.6. The number of ether oxygens (including phenoxy) is 2. The number of carbonyl (C=O) groups excluding carboxylic acids is 2. The van der Waals surface area contributed by atoms with E-state index >= 15 is 0 Å². The molecule has 0 radical (unpaired) electrons. The summed E-state index contributed by atoms with van der Waals surface area (Å²) in [5.41, 5.74) is 3.97. The standard InChI is InChI=1S/C29H26N2O4S/c1-34-24-17-21-14-15-31(27(26-9-6-16-36-26)23(21)18-25(24)35-2)29(33)20-10-12-22(13-11-20)30-28(32)19-7-4-3-5-8-19/h3-13,16-18,27H,14-15H2,1-2H3,(H,30,32). The van der Waals surface area contributed by atoms with E-state index in [0.29, 0.717) is 41.3 Å². The third kappa shape index (κ3) is 4.57. The summed E-state index contributed by atoms with van der Waals surface area (Å²) < 4.78 is 11.1. The summed E-state index contributed by atoms with van der Waals surface area (Å²) in [7, 11) is 3.25. The number of methoxy groups -OCH3 is 2. The molecule has 5 rings (SSSR count). The van der Waals surface area contributed by atoms with Crippen LogP contribution in [0.1, 0.15) is 42.8 Å². The molecule has 36 heavy (non-hydrogen) atoms. The van der Waals surface area contributed by atoms with Gasteiger partial charge in [0, 0.05) is 28.2 Å². The highest BCUT2D eigenvalue weighted by molar-refractivity contribution is 7.10. The Balaban J connectivity index is 1.42. The molecule has 7 heteroatoms. The minimum atomic E-state index is -0.224. The predicted molar refractivity (Wildman–Crippen MR) is 141 cm³/mol. The summed E-state index contributed by atoms with van der Waals surface area (Å²) in [6.07, 6.45) is 0.717. The van der Waals surface area contributed by atoms with Gasteiger partial charge < -0.3 is 19.7 Å². The molecule has 3 aromatic carbocycles. The van der Waals surface area contributed by atoms with E-state index in [0.717, 1.165) is 16.0 Å². The van der Waals surface area contributed by atoms with Gasteiger partial charge in [-0.2, -0.15) is 0 Å². The van der Waals surface area contributed by atoms with Crippen molar-refractivity contribution in [2.45, 2.75) is 12.5 Å². The van der Waals surface area contributed by atoms with Crippen molar-refractivity contribution in [1.29, 1.82) is 0 Å². The second-order valence-electron chi connectivity index (χ2n) is 8.47. The fourth-order valence-electron chi connectivity index (χ4n) is 4.57. The minimum absolute atomic E-state index is 0.0604. The number of carbonyl (C=O) groups is 2. The van der Waals surface area contributed by atoms with Crippen LogP contribution in [-0.4, -0.2) is 37.5 Å². The normalized spacial score (nSPS) is 14.6. The quantitative estimate of drug-likeness (QED) is 0.365. The van der Waals surface area contributed by atoms with Crippen molar-refractivity contribution < 1.29 is 19.1 Å². The average Bonchev–Trinajstić information content (AvgIpc) is 3.46. The monoisotopic (exact) mass is 498 g/mol. The first-order chi connectivity index (χ1) is 17.6. The summed E-state index contributed by atoms with van der Waals surface area (Å²) >= 11 is 1.63. The van der Waals surface area contributed by atoms with E-state index in [1.165, 1.54) is 0 Å². The van der Waals surface area contributed by atoms with Gasteiger partial charge in [-0.1, -0.05) is 24.3 Å². The maximum atomic E-state index is 13.7. The molecule has 1 unspecified atom stereocenters. The van der Waals surface area contributed by atoms with Crippen molar-refractivity contribution in [3.8, 4) is 11.5 Å². The Kier molecular flexibility index (Phi) is 6.73. The number of benzene rings is 3. The number of amides is 2. The summed E-state index contributed by atoms with van der Waals surface area (Å²) in [5.74, 6) is 1.08. The third-order valence-corrected chi connectivity index (χ3v) is 7.30. The molecule has 0 aliphatic carbocycles. The van der Waals surface area contributed by atoms with Crippen LogP contribution in [0, 0.1) is 0 Å². The topological polar surface area (TPSA) is 67.9 Å². The van der Waals surface area contributed by atoms with Gasteiger partial charge in [0.05, 0.1) is 20.3 Å². The second-order valence-corrected chi connectivity index (χ2v) is 9.45. The highest BCUT2D eigenvalue weighted by atomic mass is 32.1. The number of hydrogen-bond donors (Lipinski definition) is 1. The lowest BCUT2D eigenvalue weighted by atomic mass is 9.90. The van der Waals surface area contributed by atoms with Crippen molar-refractivity contribution in [3.63, 3.8) is 0 Å². The molecule has 1 aliphatic rings. The molecule has 0 saturated heterocycles. The molecule has 1 N–H and O–H groups in total. The molecule has 1 atom stereocenters. The van der Waals surface area contributed by atoms with Gasteiger partial charge in [-0.15, -0.1) is 11.3 Å². The van der Waals surface area contributed by atoms with Gasteiger partial charge in [0.15, 0.2) is 11.5 Å². The summed E-state index contributed by atoms with van der Waals surface area (Å²) in [4.78, 5) is 29.2. The van der Waals surface area contributed by atoms with Crippen molar-refractivity contribution in [2.24, 2.45) is 0 Å². The average molecular weight is 499 g/mol. The van der Waals surface area contributed by atoms with Gasteiger partial charge in [0.2, 0.25) is 0 Å². The number of fused-ring (bicyclic) bond motifs is 1. The largest absolute Gasteiger partial charge is 0.493 e. The first-order valence-corrected chi connectivity index (χ1v) is 12.5. The van der Waals surface area contributed by atoms with Crippen molar-refractivity contribution in [3.05, 3.63) is 111 Å². The fourth-order valence-corrected chi connectivity index (χ4v) is 5.43. The van der Waals surface area contributed by atoms with E-state index < -0.39 is 0 Å². The van der Waals surface area contributed by atoms with Crippen LogP contribution in [0.15, 0.2) is 84.2 Å². The molecule has 1 aliphatic heterocycles. The number of rotatable bonds is 6. The lowest BCUT2D eigenvalue weighted by Crippen LogP contribution is -2.40. The molecule has 182 valence electrons. The Morgan fingerprint density at radius 2 is 1.61 bits per heavy atom. The Labute approximate surface area is 214 Å². The number of hydrogen-bond acceptors (Lipinski definition) is 5. The summed E-state index contributed by atoms with van der Waals surface area (Å²) in [6.45, 7) is 0.580. The van der Waals surface area contributed by atoms with Gasteiger partial charge >= 0.3 is 0 Å². The summed E-state index contributed by atoms with van der Waals surface area (Å²) in [5, 5.41) is 4.91. The fraction of sp³-hybridized carbons (Fsp3) is 0.172. The van der Waals surface area contributed by atoms with Gasteiger partial charge in [0.25, 0.3) is 11.8 Å².